The van der Waals surface area contributed by atoms with E-state index in [9.17, 15) is 0 Å². The van der Waals surface area contributed by atoms with Crippen molar-refractivity contribution in [2.45, 2.75) is 58.0 Å². The van der Waals surface area contributed by atoms with Gasteiger partial charge < -0.3 is 10.2 Å². The summed E-state index contributed by atoms with van der Waals surface area (Å²) >= 11 is 0. The van der Waals surface area contributed by atoms with Gasteiger partial charge in [0.1, 0.15) is 0 Å². The van der Waals surface area contributed by atoms with E-state index in [2.05, 4.69) is 35.9 Å². The maximum atomic E-state index is 5.81. The van der Waals surface area contributed by atoms with Gasteiger partial charge in [0.25, 0.3) is 0 Å². The first-order valence-corrected chi connectivity index (χ1v) is 6.77. The predicted octanol–water partition coefficient (Wildman–Crippen LogP) is 1.68. The fraction of sp³-hybridized carbons (Fsp3) is 0.846. The summed E-state index contributed by atoms with van der Waals surface area (Å²) in [7, 11) is 0. The van der Waals surface area contributed by atoms with Crippen molar-refractivity contribution < 1.29 is 4.42 Å². The Morgan fingerprint density at radius 3 is 2.72 bits per heavy atom. The highest BCUT2D eigenvalue weighted by molar-refractivity contribution is 4.96. The molecular weight excluding hydrogens is 228 g/mol. The first kappa shape index (κ1) is 13.5. The minimum absolute atomic E-state index is 0.0829. The molecule has 1 aromatic rings. The van der Waals surface area contributed by atoms with Crippen molar-refractivity contribution in [1.29, 1.82) is 0 Å². The van der Waals surface area contributed by atoms with Gasteiger partial charge in [-0.3, -0.25) is 4.90 Å². The monoisotopic (exact) mass is 252 g/mol. The lowest BCUT2D eigenvalue weighted by molar-refractivity contribution is 0.130. The SMILES string of the molecule is CC(C)(C)c1nnc(CN2CCCCC2CN)o1. The third-order valence-corrected chi connectivity index (χ3v) is 3.47. The highest BCUT2D eigenvalue weighted by Gasteiger charge is 2.25. The summed E-state index contributed by atoms with van der Waals surface area (Å²) in [5.74, 6) is 1.42. The molecule has 1 aliphatic heterocycles. The topological polar surface area (TPSA) is 68.2 Å². The van der Waals surface area contributed by atoms with Gasteiger partial charge in [0.15, 0.2) is 0 Å². The van der Waals surface area contributed by atoms with Crippen LogP contribution in [-0.2, 0) is 12.0 Å². The second kappa shape index (κ2) is 5.36. The van der Waals surface area contributed by atoms with Crippen LogP contribution in [0.2, 0.25) is 0 Å². The van der Waals surface area contributed by atoms with E-state index in [0.29, 0.717) is 24.4 Å². The summed E-state index contributed by atoms with van der Waals surface area (Å²) in [6.45, 7) is 8.75. The Kier molecular flexibility index (Phi) is 4.02. The minimum Gasteiger partial charge on any atom is -0.423 e. The van der Waals surface area contributed by atoms with Crippen molar-refractivity contribution in [2.24, 2.45) is 5.73 Å². The van der Waals surface area contributed by atoms with Crippen LogP contribution in [0.4, 0.5) is 0 Å². The van der Waals surface area contributed by atoms with Gasteiger partial charge in [-0.2, -0.15) is 0 Å². The summed E-state index contributed by atoms with van der Waals surface area (Å²) in [5.41, 5.74) is 5.73. The highest BCUT2D eigenvalue weighted by atomic mass is 16.4. The van der Waals surface area contributed by atoms with Gasteiger partial charge in [-0.25, -0.2) is 0 Å². The molecular formula is C13H24N4O. The number of hydrogen-bond donors (Lipinski definition) is 1. The van der Waals surface area contributed by atoms with E-state index in [1.165, 1.54) is 19.3 Å². The number of piperidine rings is 1. The molecule has 1 atom stereocenters. The summed E-state index contributed by atoms with van der Waals surface area (Å²) in [4.78, 5) is 2.36. The largest absolute Gasteiger partial charge is 0.423 e. The molecule has 2 rings (SSSR count). The molecule has 5 nitrogen and oxygen atoms in total. The van der Waals surface area contributed by atoms with E-state index < -0.39 is 0 Å². The molecule has 1 fully saturated rings. The van der Waals surface area contributed by atoms with Gasteiger partial charge in [0.05, 0.1) is 6.54 Å². The Hall–Kier alpha value is -0.940. The van der Waals surface area contributed by atoms with Crippen molar-refractivity contribution >= 4 is 0 Å². The smallest absolute Gasteiger partial charge is 0.230 e. The Morgan fingerprint density at radius 2 is 2.11 bits per heavy atom. The molecule has 2 N–H and O–H groups in total. The van der Waals surface area contributed by atoms with E-state index in [4.69, 9.17) is 10.2 Å². The standard InChI is InChI=1S/C13H24N4O/c1-13(2,3)12-16-15-11(18-12)9-17-7-5-4-6-10(17)8-14/h10H,4-9,14H2,1-3H3. The van der Waals surface area contributed by atoms with E-state index in [1.54, 1.807) is 0 Å². The van der Waals surface area contributed by atoms with Gasteiger partial charge in [0.2, 0.25) is 11.8 Å². The number of likely N-dealkylation sites (tertiary alicyclic amines) is 1. The molecule has 1 aliphatic rings. The lowest BCUT2D eigenvalue weighted by Gasteiger charge is -2.33. The Balaban J connectivity index is 2.02. The third-order valence-electron chi connectivity index (χ3n) is 3.47. The van der Waals surface area contributed by atoms with E-state index in [1.807, 2.05) is 0 Å². The molecule has 1 unspecified atom stereocenters. The Bertz CT molecular complexity index is 383. The van der Waals surface area contributed by atoms with Crippen LogP contribution in [0.15, 0.2) is 4.42 Å². The Labute approximate surface area is 109 Å². The number of rotatable bonds is 3. The molecule has 1 saturated heterocycles. The molecule has 0 aliphatic carbocycles. The molecule has 0 radical (unpaired) electrons. The molecule has 102 valence electrons. The predicted molar refractivity (Wildman–Crippen MR) is 70.1 cm³/mol. The first-order valence-electron chi connectivity index (χ1n) is 6.77. The zero-order chi connectivity index (χ0) is 13.2. The summed E-state index contributed by atoms with van der Waals surface area (Å²) in [6, 6.07) is 0.462. The molecule has 0 saturated carbocycles. The summed E-state index contributed by atoms with van der Waals surface area (Å²) < 4.78 is 5.74. The number of hydrogen-bond acceptors (Lipinski definition) is 5. The molecule has 5 heteroatoms. The van der Waals surface area contributed by atoms with Gasteiger partial charge >= 0.3 is 0 Å². The van der Waals surface area contributed by atoms with Crippen molar-refractivity contribution in [3.05, 3.63) is 11.8 Å². The number of nitrogens with zero attached hydrogens (tertiary/aromatic N) is 3. The van der Waals surface area contributed by atoms with E-state index in [0.717, 1.165) is 13.1 Å². The van der Waals surface area contributed by atoms with Crippen molar-refractivity contribution in [2.75, 3.05) is 13.1 Å². The normalized spacial score (nSPS) is 22.3. The van der Waals surface area contributed by atoms with Crippen LogP contribution in [0.3, 0.4) is 0 Å². The third kappa shape index (κ3) is 3.09. The lowest BCUT2D eigenvalue weighted by atomic mass is 9.97. The molecule has 0 aromatic carbocycles. The average molecular weight is 252 g/mol. The molecule has 1 aromatic heterocycles. The van der Waals surface area contributed by atoms with E-state index in [-0.39, 0.29) is 5.41 Å². The van der Waals surface area contributed by atoms with Gasteiger partial charge in [-0.15, -0.1) is 10.2 Å². The fourth-order valence-electron chi connectivity index (χ4n) is 2.33. The molecule has 0 spiro atoms. The van der Waals surface area contributed by atoms with Crippen molar-refractivity contribution in [3.8, 4) is 0 Å². The second-order valence-electron chi connectivity index (χ2n) is 6.11. The van der Waals surface area contributed by atoms with Crippen LogP contribution in [0.5, 0.6) is 0 Å². The van der Waals surface area contributed by atoms with Gasteiger partial charge in [-0.05, 0) is 19.4 Å². The van der Waals surface area contributed by atoms with Crippen molar-refractivity contribution in [1.82, 2.24) is 15.1 Å². The summed E-state index contributed by atoms with van der Waals surface area (Å²) in [6.07, 6.45) is 3.68. The average Bonchev–Trinajstić information content (AvgIpc) is 2.78. The number of nitrogens with two attached hydrogens (primary N) is 1. The highest BCUT2D eigenvalue weighted by Crippen LogP contribution is 2.22. The summed E-state index contributed by atoms with van der Waals surface area (Å²) in [5, 5.41) is 8.28. The molecule has 0 bridgehead atoms. The molecule has 0 amide bonds. The lowest BCUT2D eigenvalue weighted by Crippen LogP contribution is -2.43. The van der Waals surface area contributed by atoms with E-state index >= 15 is 0 Å². The first-order chi connectivity index (χ1) is 8.50. The molecule has 2 heterocycles. The van der Waals surface area contributed by atoms with Gasteiger partial charge in [0, 0.05) is 18.0 Å². The van der Waals surface area contributed by atoms with Crippen molar-refractivity contribution in [3.63, 3.8) is 0 Å². The minimum atomic E-state index is -0.0829. The fourth-order valence-corrected chi connectivity index (χ4v) is 2.33. The zero-order valence-electron chi connectivity index (χ0n) is 11.6. The quantitative estimate of drug-likeness (QED) is 0.886. The maximum absolute atomic E-state index is 5.81. The van der Waals surface area contributed by atoms with Crippen LogP contribution < -0.4 is 5.73 Å². The zero-order valence-corrected chi connectivity index (χ0v) is 11.6. The van der Waals surface area contributed by atoms with Crippen LogP contribution in [0.1, 0.15) is 51.8 Å². The van der Waals surface area contributed by atoms with Gasteiger partial charge in [-0.1, -0.05) is 27.2 Å². The van der Waals surface area contributed by atoms with Crippen LogP contribution >= 0.6 is 0 Å². The Morgan fingerprint density at radius 1 is 1.33 bits per heavy atom. The maximum Gasteiger partial charge on any atom is 0.230 e. The van der Waals surface area contributed by atoms with Crippen LogP contribution in [-0.4, -0.2) is 34.2 Å². The second-order valence-corrected chi connectivity index (χ2v) is 6.11. The van der Waals surface area contributed by atoms with Crippen LogP contribution in [0, 0.1) is 0 Å². The number of aromatic nitrogens is 2. The van der Waals surface area contributed by atoms with Crippen LogP contribution in [0.25, 0.3) is 0 Å². The molecule has 18 heavy (non-hydrogen) atoms.